The third-order valence-corrected chi connectivity index (χ3v) is 3.36. The third kappa shape index (κ3) is 4.49. The minimum absolute atomic E-state index is 0.0444. The van der Waals surface area contributed by atoms with Crippen molar-refractivity contribution in [2.24, 2.45) is 11.7 Å². The van der Waals surface area contributed by atoms with Crippen molar-refractivity contribution in [1.29, 1.82) is 0 Å². The average Bonchev–Trinajstić information content (AvgIpc) is 2.36. The molecule has 0 bridgehead atoms. The number of amides is 1. The van der Waals surface area contributed by atoms with Gasteiger partial charge in [-0.1, -0.05) is 50.1 Å². The van der Waals surface area contributed by atoms with Crippen LogP contribution in [0.5, 0.6) is 0 Å². The molecular formula is C15H24N2O. The molecule has 0 radical (unpaired) electrons. The summed E-state index contributed by atoms with van der Waals surface area (Å²) in [5.74, 6) is 0.181. The van der Waals surface area contributed by atoms with Gasteiger partial charge in [0.25, 0.3) is 0 Å². The highest BCUT2D eigenvalue weighted by Crippen LogP contribution is 2.06. The zero-order chi connectivity index (χ0) is 13.5. The van der Waals surface area contributed by atoms with Crippen molar-refractivity contribution in [3.8, 4) is 0 Å². The predicted molar refractivity (Wildman–Crippen MR) is 75.3 cm³/mol. The third-order valence-electron chi connectivity index (χ3n) is 3.36. The lowest BCUT2D eigenvalue weighted by Crippen LogP contribution is -2.45. The summed E-state index contributed by atoms with van der Waals surface area (Å²) in [5.41, 5.74) is 8.35. The predicted octanol–water partition coefficient (Wildman–Crippen LogP) is 2.03. The molecule has 3 heteroatoms. The summed E-state index contributed by atoms with van der Waals surface area (Å²) in [5, 5.41) is 2.90. The maximum Gasteiger partial charge on any atom is 0.237 e. The Morgan fingerprint density at radius 2 is 2.17 bits per heavy atom. The largest absolute Gasteiger partial charge is 0.354 e. The van der Waals surface area contributed by atoms with Gasteiger partial charge in [-0.3, -0.25) is 4.79 Å². The molecule has 0 unspecified atom stereocenters. The van der Waals surface area contributed by atoms with Gasteiger partial charge in [0.15, 0.2) is 0 Å². The molecule has 2 atom stereocenters. The van der Waals surface area contributed by atoms with E-state index in [1.165, 1.54) is 11.1 Å². The number of nitrogens with one attached hydrogen (secondary N) is 1. The van der Waals surface area contributed by atoms with E-state index in [0.29, 0.717) is 6.54 Å². The van der Waals surface area contributed by atoms with Crippen molar-refractivity contribution >= 4 is 5.91 Å². The van der Waals surface area contributed by atoms with Crippen LogP contribution in [0.15, 0.2) is 24.3 Å². The fourth-order valence-corrected chi connectivity index (χ4v) is 1.83. The quantitative estimate of drug-likeness (QED) is 0.809. The summed E-state index contributed by atoms with van der Waals surface area (Å²) in [6.07, 6.45) is 1.77. The van der Waals surface area contributed by atoms with Crippen LogP contribution in [0.3, 0.4) is 0 Å². The fourth-order valence-electron chi connectivity index (χ4n) is 1.83. The Bertz CT molecular complexity index is 390. The molecule has 0 spiro atoms. The van der Waals surface area contributed by atoms with Gasteiger partial charge in [-0.15, -0.1) is 0 Å². The number of carbonyl (C=O) groups is 1. The molecule has 3 nitrogen and oxygen atoms in total. The smallest absolute Gasteiger partial charge is 0.237 e. The molecule has 100 valence electrons. The second kappa shape index (κ2) is 7.17. The van der Waals surface area contributed by atoms with E-state index in [2.05, 4.69) is 30.4 Å². The summed E-state index contributed by atoms with van der Waals surface area (Å²) in [6.45, 7) is 6.77. The van der Waals surface area contributed by atoms with Crippen LogP contribution in [-0.4, -0.2) is 18.5 Å². The first-order chi connectivity index (χ1) is 8.54. The molecule has 0 aliphatic heterocycles. The lowest BCUT2D eigenvalue weighted by molar-refractivity contribution is -0.123. The zero-order valence-electron chi connectivity index (χ0n) is 11.6. The van der Waals surface area contributed by atoms with Gasteiger partial charge in [0.2, 0.25) is 5.91 Å². The summed E-state index contributed by atoms with van der Waals surface area (Å²) in [4.78, 5) is 11.8. The Morgan fingerprint density at radius 1 is 1.44 bits per heavy atom. The minimum Gasteiger partial charge on any atom is -0.354 e. The minimum atomic E-state index is -0.396. The molecule has 0 saturated carbocycles. The number of benzene rings is 1. The van der Waals surface area contributed by atoms with Crippen molar-refractivity contribution < 1.29 is 4.79 Å². The van der Waals surface area contributed by atoms with Gasteiger partial charge in [-0.25, -0.2) is 0 Å². The van der Waals surface area contributed by atoms with Crippen molar-refractivity contribution in [2.45, 2.75) is 39.7 Å². The second-order valence-electron chi connectivity index (χ2n) is 4.94. The number of hydrogen-bond acceptors (Lipinski definition) is 2. The van der Waals surface area contributed by atoms with E-state index in [4.69, 9.17) is 5.73 Å². The van der Waals surface area contributed by atoms with Crippen LogP contribution >= 0.6 is 0 Å². The second-order valence-corrected chi connectivity index (χ2v) is 4.94. The van der Waals surface area contributed by atoms with Crippen molar-refractivity contribution in [1.82, 2.24) is 5.32 Å². The van der Waals surface area contributed by atoms with Crippen LogP contribution in [0.4, 0.5) is 0 Å². The first-order valence-electron chi connectivity index (χ1n) is 6.63. The Balaban J connectivity index is 2.36. The van der Waals surface area contributed by atoms with Crippen LogP contribution in [0.25, 0.3) is 0 Å². The molecular weight excluding hydrogens is 224 g/mol. The monoisotopic (exact) mass is 248 g/mol. The highest BCUT2D eigenvalue weighted by molar-refractivity contribution is 5.81. The Morgan fingerprint density at radius 3 is 2.78 bits per heavy atom. The van der Waals surface area contributed by atoms with Crippen molar-refractivity contribution in [3.05, 3.63) is 35.4 Å². The van der Waals surface area contributed by atoms with E-state index in [9.17, 15) is 4.79 Å². The number of nitrogens with two attached hydrogens (primary N) is 1. The van der Waals surface area contributed by atoms with Crippen molar-refractivity contribution in [2.75, 3.05) is 6.54 Å². The Kier molecular flexibility index (Phi) is 5.86. The van der Waals surface area contributed by atoms with Crippen LogP contribution in [-0.2, 0) is 11.2 Å². The van der Waals surface area contributed by atoms with E-state index in [1.807, 2.05) is 19.9 Å². The highest BCUT2D eigenvalue weighted by atomic mass is 16.2. The number of aryl methyl sites for hydroxylation is 1. The lowest BCUT2D eigenvalue weighted by atomic mass is 9.99. The molecule has 0 fully saturated rings. The molecule has 0 aromatic heterocycles. The molecule has 18 heavy (non-hydrogen) atoms. The number of rotatable bonds is 6. The van der Waals surface area contributed by atoms with Gasteiger partial charge in [-0.2, -0.15) is 0 Å². The number of hydrogen-bond donors (Lipinski definition) is 2. The van der Waals surface area contributed by atoms with Gasteiger partial charge in [0.05, 0.1) is 6.04 Å². The van der Waals surface area contributed by atoms with Gasteiger partial charge in [0.1, 0.15) is 0 Å². The first-order valence-corrected chi connectivity index (χ1v) is 6.63. The maximum atomic E-state index is 11.8. The summed E-state index contributed by atoms with van der Waals surface area (Å²) in [6, 6.07) is 7.93. The zero-order valence-corrected chi connectivity index (χ0v) is 11.6. The Labute approximate surface area is 110 Å². The average molecular weight is 248 g/mol. The molecule has 3 N–H and O–H groups in total. The molecule has 0 aliphatic rings. The molecule has 1 rings (SSSR count). The lowest BCUT2D eigenvalue weighted by Gasteiger charge is -2.17. The van der Waals surface area contributed by atoms with Crippen LogP contribution in [0.2, 0.25) is 0 Å². The fraction of sp³-hybridized carbons (Fsp3) is 0.533. The van der Waals surface area contributed by atoms with Crippen LogP contribution in [0, 0.1) is 12.8 Å². The molecule has 0 aliphatic carbocycles. The highest BCUT2D eigenvalue weighted by Gasteiger charge is 2.18. The Hall–Kier alpha value is -1.35. The van der Waals surface area contributed by atoms with Gasteiger partial charge >= 0.3 is 0 Å². The van der Waals surface area contributed by atoms with Gasteiger partial charge in [0, 0.05) is 6.54 Å². The first kappa shape index (κ1) is 14.7. The maximum absolute atomic E-state index is 11.8. The standard InChI is InChI=1S/C15H24N2O/c1-4-12(3)14(16)15(18)17-9-8-13-7-5-6-11(2)10-13/h5-7,10,12,14H,4,8-9,16H2,1-3H3,(H,17,18)/t12-,14-/m0/s1. The van der Waals surface area contributed by atoms with Crippen LogP contribution in [0.1, 0.15) is 31.4 Å². The SMILES string of the molecule is CC[C@H](C)[C@H](N)C(=O)NCCc1cccc(C)c1. The van der Waals surface area contributed by atoms with E-state index in [1.54, 1.807) is 0 Å². The summed E-state index contributed by atoms with van der Waals surface area (Å²) >= 11 is 0. The molecule has 0 heterocycles. The molecule has 1 amide bonds. The molecule has 1 aromatic carbocycles. The number of carbonyl (C=O) groups excluding carboxylic acids is 1. The van der Waals surface area contributed by atoms with Gasteiger partial charge < -0.3 is 11.1 Å². The normalized spacial score (nSPS) is 14.0. The van der Waals surface area contributed by atoms with Crippen molar-refractivity contribution in [3.63, 3.8) is 0 Å². The summed E-state index contributed by atoms with van der Waals surface area (Å²) in [7, 11) is 0. The molecule has 0 saturated heterocycles. The topological polar surface area (TPSA) is 55.1 Å². The van der Waals surface area contributed by atoms with E-state index >= 15 is 0 Å². The summed E-state index contributed by atoms with van der Waals surface area (Å²) < 4.78 is 0. The van der Waals surface area contributed by atoms with E-state index in [0.717, 1.165) is 12.8 Å². The van der Waals surface area contributed by atoms with Crippen LogP contribution < -0.4 is 11.1 Å². The van der Waals surface area contributed by atoms with E-state index in [-0.39, 0.29) is 11.8 Å². The molecule has 1 aromatic rings. The van der Waals surface area contributed by atoms with E-state index < -0.39 is 6.04 Å². The van der Waals surface area contributed by atoms with Gasteiger partial charge in [-0.05, 0) is 24.8 Å².